The summed E-state index contributed by atoms with van der Waals surface area (Å²) in [5.41, 5.74) is 7.79. The predicted molar refractivity (Wildman–Crippen MR) is 177 cm³/mol. The third-order valence-corrected chi connectivity index (χ3v) is 7.78. The van der Waals surface area contributed by atoms with E-state index in [-0.39, 0.29) is 25.3 Å². The minimum atomic E-state index is -0.666. The number of hydrogen-bond donors (Lipinski definition) is 3. The number of halogens is 2. The first-order valence-corrected chi connectivity index (χ1v) is 15.7. The summed E-state index contributed by atoms with van der Waals surface area (Å²) in [4.78, 5) is 38.7. The number of hydrogen-bond acceptors (Lipinski definition) is 11. The minimum Gasteiger partial charge on any atom is -0.444 e. The molecule has 2 aliphatic rings. The molecule has 1 aromatic carbocycles. The van der Waals surface area contributed by atoms with E-state index in [9.17, 15) is 18.4 Å². The number of nitrogens with two attached hydrogens (primary N) is 1. The maximum Gasteiger partial charge on any atom is 0.408 e. The van der Waals surface area contributed by atoms with Crippen LogP contribution in [0.2, 0.25) is 0 Å². The Morgan fingerprint density at radius 2 is 1.69 bits per heavy atom. The number of nitrogens with zero attached hydrogens (tertiary/aromatic N) is 7. The number of aromatic nitrogens is 4. The first-order valence-electron chi connectivity index (χ1n) is 15.7. The van der Waals surface area contributed by atoms with Gasteiger partial charge in [0.25, 0.3) is 0 Å². The molecule has 2 aromatic heterocycles. The highest BCUT2D eigenvalue weighted by Gasteiger charge is 2.29. The van der Waals surface area contributed by atoms with E-state index in [2.05, 4.69) is 36.7 Å². The third kappa shape index (κ3) is 9.38. The Hall–Kier alpha value is -4.83. The van der Waals surface area contributed by atoms with Gasteiger partial charge in [-0.25, -0.2) is 18.3 Å². The van der Waals surface area contributed by atoms with E-state index >= 15 is 0 Å². The number of carbonyl (C=O) groups excluding carboxylic acids is 2. The van der Waals surface area contributed by atoms with E-state index in [1.807, 2.05) is 28.9 Å². The maximum atomic E-state index is 13.6. The molecule has 4 heterocycles. The van der Waals surface area contributed by atoms with Gasteiger partial charge in [0.2, 0.25) is 11.9 Å². The van der Waals surface area contributed by atoms with Gasteiger partial charge in [-0.3, -0.25) is 9.69 Å². The molecule has 2 saturated heterocycles. The van der Waals surface area contributed by atoms with Crippen LogP contribution in [-0.4, -0.2) is 107 Å². The summed E-state index contributed by atoms with van der Waals surface area (Å²) in [7, 11) is 0. The summed E-state index contributed by atoms with van der Waals surface area (Å²) in [6.07, 6.45) is 5.07. The van der Waals surface area contributed by atoms with Crippen molar-refractivity contribution in [1.29, 1.82) is 0 Å². The molecule has 4 N–H and O–H groups in total. The first kappa shape index (κ1) is 34.5. The quantitative estimate of drug-likeness (QED) is 0.258. The Morgan fingerprint density at radius 3 is 2.38 bits per heavy atom. The highest BCUT2D eigenvalue weighted by atomic mass is 19.1. The van der Waals surface area contributed by atoms with Crippen molar-refractivity contribution in [3.05, 3.63) is 59.4 Å². The van der Waals surface area contributed by atoms with Crippen molar-refractivity contribution in [2.24, 2.45) is 0 Å². The standard InChI is InChI=1S/C32H42F2N10O4/c1-21-22(6-5-7-41-8-10-42(11-9-41)25-13-23(33)12-24(34)14-25)16-38-44(21)28-15-27(39-30(35)40-28)43-18-26(19-43)47-20-37-29(45)17-36-31(46)48-32(2,3)4/h5-6,12-16,26H,7-11,17-20H2,1-4H3,(H,36,46)(H,37,45)(H2,35,39,40)/b6-5+. The number of anilines is 3. The monoisotopic (exact) mass is 668 g/mol. The molecule has 2 aliphatic heterocycles. The molecule has 0 spiro atoms. The number of alkyl carbamates (subject to hydrolysis) is 1. The van der Waals surface area contributed by atoms with Gasteiger partial charge < -0.3 is 35.6 Å². The lowest BCUT2D eigenvalue weighted by Gasteiger charge is -2.39. The zero-order valence-electron chi connectivity index (χ0n) is 27.6. The van der Waals surface area contributed by atoms with Crippen LogP contribution in [0.25, 0.3) is 11.9 Å². The Bertz CT molecular complexity index is 1610. The van der Waals surface area contributed by atoms with Gasteiger partial charge in [0.1, 0.15) is 36.3 Å². The van der Waals surface area contributed by atoms with Gasteiger partial charge in [-0.2, -0.15) is 15.1 Å². The highest BCUT2D eigenvalue weighted by molar-refractivity contribution is 5.82. The molecular formula is C32H42F2N10O4. The summed E-state index contributed by atoms with van der Waals surface area (Å²) in [6, 6.07) is 5.43. The number of carbonyl (C=O) groups is 2. The smallest absolute Gasteiger partial charge is 0.408 e. The molecule has 0 bridgehead atoms. The Kier molecular flexibility index (Phi) is 10.7. The second-order valence-corrected chi connectivity index (χ2v) is 12.7. The Balaban J connectivity index is 1.07. The maximum absolute atomic E-state index is 13.6. The predicted octanol–water partition coefficient (Wildman–Crippen LogP) is 2.47. The summed E-state index contributed by atoms with van der Waals surface area (Å²) < 4.78 is 39.8. The lowest BCUT2D eigenvalue weighted by Crippen LogP contribution is -2.54. The normalized spacial score (nSPS) is 15.9. The number of nitrogens with one attached hydrogen (secondary N) is 2. The zero-order chi connectivity index (χ0) is 34.4. The van der Waals surface area contributed by atoms with Crippen molar-refractivity contribution in [3.8, 4) is 5.82 Å². The zero-order valence-corrected chi connectivity index (χ0v) is 27.6. The van der Waals surface area contributed by atoms with Crippen molar-refractivity contribution < 1.29 is 27.8 Å². The van der Waals surface area contributed by atoms with Gasteiger partial charge in [-0.05, 0) is 39.8 Å². The van der Waals surface area contributed by atoms with E-state index in [0.29, 0.717) is 43.5 Å². The number of rotatable bonds is 11. The van der Waals surface area contributed by atoms with E-state index < -0.39 is 29.2 Å². The van der Waals surface area contributed by atoms with Crippen LogP contribution in [0, 0.1) is 18.6 Å². The summed E-state index contributed by atoms with van der Waals surface area (Å²) in [5, 5.41) is 9.54. The van der Waals surface area contributed by atoms with E-state index in [1.165, 1.54) is 12.1 Å². The topological polar surface area (TPSA) is 156 Å². The van der Waals surface area contributed by atoms with Gasteiger partial charge in [0.05, 0.1) is 18.0 Å². The van der Waals surface area contributed by atoms with Gasteiger partial charge in [0, 0.05) is 69.2 Å². The average molecular weight is 669 g/mol. The Morgan fingerprint density at radius 1 is 1.00 bits per heavy atom. The van der Waals surface area contributed by atoms with Crippen LogP contribution in [0.4, 0.5) is 31.0 Å². The fraction of sp³-hybridized carbons (Fsp3) is 0.469. The van der Waals surface area contributed by atoms with Crippen molar-refractivity contribution >= 4 is 35.5 Å². The number of ether oxygens (including phenoxy) is 2. The van der Waals surface area contributed by atoms with Crippen molar-refractivity contribution in [1.82, 2.24) is 35.3 Å². The molecule has 2 fully saturated rings. The van der Waals surface area contributed by atoms with Crippen LogP contribution >= 0.6 is 0 Å². The van der Waals surface area contributed by atoms with Gasteiger partial charge in [-0.1, -0.05) is 12.2 Å². The highest BCUT2D eigenvalue weighted by Crippen LogP contribution is 2.24. The molecule has 14 nitrogen and oxygen atoms in total. The molecule has 0 saturated carbocycles. The van der Waals surface area contributed by atoms with Gasteiger partial charge in [-0.15, -0.1) is 0 Å². The molecule has 0 aliphatic carbocycles. The van der Waals surface area contributed by atoms with Crippen LogP contribution in [0.15, 0.2) is 36.5 Å². The summed E-state index contributed by atoms with van der Waals surface area (Å²) in [5.74, 6) is -0.250. The fourth-order valence-electron chi connectivity index (χ4n) is 5.27. The lowest BCUT2D eigenvalue weighted by atomic mass is 10.1. The van der Waals surface area contributed by atoms with E-state index in [1.54, 1.807) is 31.6 Å². The molecule has 16 heteroatoms. The number of benzene rings is 1. The van der Waals surface area contributed by atoms with Crippen LogP contribution in [0.3, 0.4) is 0 Å². The fourth-order valence-corrected chi connectivity index (χ4v) is 5.27. The van der Waals surface area contributed by atoms with Crippen molar-refractivity contribution in [2.75, 3.05) is 74.6 Å². The van der Waals surface area contributed by atoms with Crippen LogP contribution in [0.5, 0.6) is 0 Å². The third-order valence-electron chi connectivity index (χ3n) is 7.78. The molecule has 48 heavy (non-hydrogen) atoms. The molecule has 0 radical (unpaired) electrons. The lowest BCUT2D eigenvalue weighted by molar-refractivity contribution is -0.122. The SMILES string of the molecule is Cc1c(/C=C/CN2CCN(c3cc(F)cc(F)c3)CC2)cnn1-c1cc(N2CC(OCNC(=O)CNC(=O)OC(C)(C)C)C2)nc(N)n1. The van der Waals surface area contributed by atoms with E-state index in [0.717, 1.165) is 37.0 Å². The van der Waals surface area contributed by atoms with Gasteiger partial charge >= 0.3 is 6.09 Å². The summed E-state index contributed by atoms with van der Waals surface area (Å²) in [6.45, 7) is 11.7. The van der Waals surface area contributed by atoms with Gasteiger partial charge in [0.15, 0.2) is 5.82 Å². The molecule has 2 amide bonds. The largest absolute Gasteiger partial charge is 0.444 e. The first-order chi connectivity index (χ1) is 22.8. The molecule has 3 aromatic rings. The number of nitrogen functional groups attached to an aromatic ring is 1. The van der Waals surface area contributed by atoms with Crippen molar-refractivity contribution in [2.45, 2.75) is 39.4 Å². The summed E-state index contributed by atoms with van der Waals surface area (Å²) >= 11 is 0. The second-order valence-electron chi connectivity index (χ2n) is 12.7. The minimum absolute atomic E-state index is 0.000378. The molecular weight excluding hydrogens is 626 g/mol. The molecule has 0 atom stereocenters. The second kappa shape index (κ2) is 14.9. The number of piperazine rings is 1. The number of amides is 2. The van der Waals surface area contributed by atoms with Crippen LogP contribution in [-0.2, 0) is 14.3 Å². The Labute approximate surface area is 277 Å². The van der Waals surface area contributed by atoms with Crippen LogP contribution < -0.4 is 26.2 Å². The molecule has 0 unspecified atom stereocenters. The average Bonchev–Trinajstić information content (AvgIpc) is 3.35. The van der Waals surface area contributed by atoms with Crippen LogP contribution in [0.1, 0.15) is 32.0 Å². The van der Waals surface area contributed by atoms with E-state index in [4.69, 9.17) is 15.2 Å². The van der Waals surface area contributed by atoms with Crippen molar-refractivity contribution in [3.63, 3.8) is 0 Å². The molecule has 5 rings (SSSR count). The molecule has 258 valence electrons.